The Hall–Kier alpha value is -1.55. The number of carbonyl (C=O) groups is 1. The van der Waals surface area contributed by atoms with Crippen LogP contribution in [0.3, 0.4) is 0 Å². The molecule has 0 fully saturated rings. The number of hydrazine groups is 1. The predicted molar refractivity (Wildman–Crippen MR) is 68.0 cm³/mol. The Labute approximate surface area is 103 Å². The van der Waals surface area contributed by atoms with E-state index in [1.165, 1.54) is 0 Å². The van der Waals surface area contributed by atoms with Crippen LogP contribution in [0.15, 0.2) is 12.1 Å². The highest BCUT2D eigenvalue weighted by Gasteiger charge is 2.10. The maximum Gasteiger partial charge on any atom is 0.238 e. The Morgan fingerprint density at radius 2 is 1.94 bits per heavy atom. The molecule has 4 nitrogen and oxygen atoms in total. The lowest BCUT2D eigenvalue weighted by molar-refractivity contribution is -0.124. The smallest absolute Gasteiger partial charge is 0.238 e. The summed E-state index contributed by atoms with van der Waals surface area (Å²) in [6.07, 6.45) is 0.384. The summed E-state index contributed by atoms with van der Waals surface area (Å²) in [5.41, 5.74) is 5.96. The molecule has 1 amide bonds. The predicted octanol–water partition coefficient (Wildman–Crippen LogP) is 1.45. The molecule has 1 N–H and O–H groups in total. The largest absolute Gasteiger partial charge is 0.496 e. The van der Waals surface area contributed by atoms with Crippen LogP contribution in [0.2, 0.25) is 0 Å². The number of nitrogens with one attached hydrogen (secondary N) is 1. The van der Waals surface area contributed by atoms with Gasteiger partial charge in [0.15, 0.2) is 0 Å². The van der Waals surface area contributed by atoms with E-state index in [1.807, 2.05) is 26.0 Å². The Morgan fingerprint density at radius 1 is 1.29 bits per heavy atom. The fraction of sp³-hybridized carbons (Fsp3) is 0.462. The molecule has 4 heteroatoms. The van der Waals surface area contributed by atoms with Crippen LogP contribution >= 0.6 is 0 Å². The molecule has 0 radical (unpaired) electrons. The van der Waals surface area contributed by atoms with Crippen molar-refractivity contribution in [2.24, 2.45) is 0 Å². The topological polar surface area (TPSA) is 41.6 Å². The van der Waals surface area contributed by atoms with Crippen LogP contribution in [-0.2, 0) is 11.2 Å². The minimum absolute atomic E-state index is 0.0114. The molecule has 0 heterocycles. The molecule has 0 saturated carbocycles. The van der Waals surface area contributed by atoms with Gasteiger partial charge in [-0.3, -0.25) is 10.2 Å². The van der Waals surface area contributed by atoms with E-state index in [0.29, 0.717) is 6.42 Å². The molecule has 1 aromatic rings. The van der Waals surface area contributed by atoms with Gasteiger partial charge in [-0.25, -0.2) is 5.01 Å². The van der Waals surface area contributed by atoms with Crippen molar-refractivity contribution in [3.05, 3.63) is 28.8 Å². The summed E-state index contributed by atoms with van der Waals surface area (Å²) in [5, 5.41) is 1.65. The molecule has 0 aliphatic rings. The summed E-state index contributed by atoms with van der Waals surface area (Å²) in [6.45, 7) is 4.01. The standard InChI is InChI=1S/C13H20N2O2/c1-9-10(2)12(17-5)7-6-11(9)8-13(16)14-15(3)4/h6-7H,8H2,1-5H3,(H,14,16). The summed E-state index contributed by atoms with van der Waals surface area (Å²) in [4.78, 5) is 11.7. The van der Waals surface area contributed by atoms with Crippen molar-refractivity contribution in [3.8, 4) is 5.75 Å². The SMILES string of the molecule is COc1ccc(CC(=O)NN(C)C)c(C)c1C. The van der Waals surface area contributed by atoms with E-state index in [4.69, 9.17) is 4.74 Å². The fourth-order valence-electron chi connectivity index (χ4n) is 1.73. The highest BCUT2D eigenvalue weighted by Crippen LogP contribution is 2.24. The molecule has 0 unspecified atom stereocenters. The van der Waals surface area contributed by atoms with Gasteiger partial charge in [0, 0.05) is 14.1 Å². The molecule has 0 aliphatic carbocycles. The number of amides is 1. The van der Waals surface area contributed by atoms with Gasteiger partial charge in [0.05, 0.1) is 13.5 Å². The van der Waals surface area contributed by atoms with Gasteiger partial charge in [-0.05, 0) is 36.6 Å². The first-order chi connectivity index (χ1) is 7.95. The molecule has 17 heavy (non-hydrogen) atoms. The van der Waals surface area contributed by atoms with Crippen LogP contribution in [0.25, 0.3) is 0 Å². The summed E-state index contributed by atoms with van der Waals surface area (Å²) in [7, 11) is 5.24. The average molecular weight is 236 g/mol. The van der Waals surface area contributed by atoms with Gasteiger partial charge in [-0.1, -0.05) is 6.07 Å². The second-order valence-corrected chi connectivity index (χ2v) is 4.28. The van der Waals surface area contributed by atoms with Gasteiger partial charge in [0.2, 0.25) is 5.91 Å². The van der Waals surface area contributed by atoms with E-state index in [0.717, 1.165) is 22.4 Å². The Balaban J connectivity index is 2.86. The summed E-state index contributed by atoms with van der Waals surface area (Å²) >= 11 is 0. The number of carbonyl (C=O) groups excluding carboxylic acids is 1. The van der Waals surface area contributed by atoms with Crippen molar-refractivity contribution in [3.63, 3.8) is 0 Å². The minimum Gasteiger partial charge on any atom is -0.496 e. The van der Waals surface area contributed by atoms with E-state index >= 15 is 0 Å². The van der Waals surface area contributed by atoms with Gasteiger partial charge >= 0.3 is 0 Å². The van der Waals surface area contributed by atoms with Crippen LogP contribution in [-0.4, -0.2) is 32.1 Å². The Morgan fingerprint density at radius 3 is 2.47 bits per heavy atom. The highest BCUT2D eigenvalue weighted by molar-refractivity contribution is 5.78. The van der Waals surface area contributed by atoms with Crippen molar-refractivity contribution in [1.82, 2.24) is 10.4 Å². The van der Waals surface area contributed by atoms with Crippen LogP contribution in [0.4, 0.5) is 0 Å². The quantitative estimate of drug-likeness (QED) is 0.804. The summed E-state index contributed by atoms with van der Waals surface area (Å²) in [6, 6.07) is 3.84. The van der Waals surface area contributed by atoms with Crippen molar-refractivity contribution in [1.29, 1.82) is 0 Å². The second kappa shape index (κ2) is 5.68. The van der Waals surface area contributed by atoms with Crippen molar-refractivity contribution in [2.75, 3.05) is 21.2 Å². The first-order valence-corrected chi connectivity index (χ1v) is 5.55. The first-order valence-electron chi connectivity index (χ1n) is 5.55. The van der Waals surface area contributed by atoms with E-state index in [-0.39, 0.29) is 5.91 Å². The third-order valence-electron chi connectivity index (χ3n) is 2.77. The number of rotatable bonds is 4. The second-order valence-electron chi connectivity index (χ2n) is 4.28. The summed E-state index contributed by atoms with van der Waals surface area (Å²) in [5.74, 6) is 0.849. The van der Waals surface area contributed by atoms with Crippen LogP contribution in [0.1, 0.15) is 16.7 Å². The lowest BCUT2D eigenvalue weighted by Crippen LogP contribution is -2.37. The molecule has 0 saturated heterocycles. The van der Waals surface area contributed by atoms with E-state index < -0.39 is 0 Å². The Bertz CT molecular complexity index is 414. The first kappa shape index (κ1) is 13.5. The minimum atomic E-state index is -0.0114. The number of hydrogen-bond acceptors (Lipinski definition) is 3. The number of hydrogen-bond donors (Lipinski definition) is 1. The number of benzene rings is 1. The van der Waals surface area contributed by atoms with Crippen LogP contribution in [0.5, 0.6) is 5.75 Å². The van der Waals surface area contributed by atoms with Crippen molar-refractivity contribution < 1.29 is 9.53 Å². The lowest BCUT2D eigenvalue weighted by atomic mass is 10.00. The number of nitrogens with zero attached hydrogens (tertiary/aromatic N) is 1. The van der Waals surface area contributed by atoms with Gasteiger partial charge in [-0.2, -0.15) is 0 Å². The molecule has 0 spiro atoms. The van der Waals surface area contributed by atoms with Gasteiger partial charge < -0.3 is 4.74 Å². The lowest BCUT2D eigenvalue weighted by Gasteiger charge is -2.15. The van der Waals surface area contributed by atoms with Crippen molar-refractivity contribution >= 4 is 5.91 Å². The van der Waals surface area contributed by atoms with Crippen LogP contribution < -0.4 is 10.2 Å². The average Bonchev–Trinajstić information content (AvgIpc) is 2.24. The molecule has 1 rings (SSSR count). The van der Waals surface area contributed by atoms with E-state index in [1.54, 1.807) is 26.2 Å². The molecular formula is C13H20N2O2. The maximum absolute atomic E-state index is 11.7. The highest BCUT2D eigenvalue weighted by atomic mass is 16.5. The zero-order valence-corrected chi connectivity index (χ0v) is 11.1. The molecule has 94 valence electrons. The van der Waals surface area contributed by atoms with Crippen molar-refractivity contribution in [2.45, 2.75) is 20.3 Å². The molecular weight excluding hydrogens is 216 g/mol. The van der Waals surface area contributed by atoms with E-state index in [9.17, 15) is 4.79 Å². The molecule has 1 aromatic carbocycles. The van der Waals surface area contributed by atoms with Crippen LogP contribution in [0, 0.1) is 13.8 Å². The molecule has 0 bridgehead atoms. The normalized spacial score (nSPS) is 10.5. The molecule has 0 atom stereocenters. The number of methoxy groups -OCH3 is 1. The third-order valence-corrected chi connectivity index (χ3v) is 2.77. The maximum atomic E-state index is 11.7. The zero-order chi connectivity index (χ0) is 13.0. The molecule has 0 aromatic heterocycles. The van der Waals surface area contributed by atoms with Gasteiger partial charge in [0.25, 0.3) is 0 Å². The number of ether oxygens (including phenoxy) is 1. The van der Waals surface area contributed by atoms with Gasteiger partial charge in [0.1, 0.15) is 5.75 Å². The third kappa shape index (κ3) is 3.46. The zero-order valence-electron chi connectivity index (χ0n) is 11.1. The van der Waals surface area contributed by atoms with E-state index in [2.05, 4.69) is 5.43 Å². The monoisotopic (exact) mass is 236 g/mol. The Kier molecular flexibility index (Phi) is 4.52. The van der Waals surface area contributed by atoms with Gasteiger partial charge in [-0.15, -0.1) is 0 Å². The fourth-order valence-corrected chi connectivity index (χ4v) is 1.73. The molecule has 0 aliphatic heterocycles. The summed E-state index contributed by atoms with van der Waals surface area (Å²) < 4.78 is 5.24.